The Hall–Kier alpha value is -2.30. The highest BCUT2D eigenvalue weighted by Gasteiger charge is 2.09. The zero-order chi connectivity index (χ0) is 15.4. The minimum Gasteiger partial charge on any atom is -0.508 e. The van der Waals surface area contributed by atoms with Crippen molar-refractivity contribution < 1.29 is 9.90 Å². The van der Waals surface area contributed by atoms with E-state index in [2.05, 4.69) is 24.1 Å². The van der Waals surface area contributed by atoms with Crippen LogP contribution in [0, 0.1) is 12.8 Å². The second-order valence-corrected chi connectivity index (χ2v) is 5.62. The molecule has 0 unspecified atom stereocenters. The number of imidazole rings is 1. The molecule has 0 aliphatic heterocycles. The van der Waals surface area contributed by atoms with Crippen molar-refractivity contribution in [2.45, 2.75) is 33.9 Å². The average molecular weight is 287 g/mol. The van der Waals surface area contributed by atoms with Crippen LogP contribution in [0.3, 0.4) is 0 Å². The van der Waals surface area contributed by atoms with Crippen LogP contribution in [-0.2, 0) is 13.1 Å². The van der Waals surface area contributed by atoms with Gasteiger partial charge in [0.25, 0.3) is 5.91 Å². The second kappa shape index (κ2) is 6.43. The van der Waals surface area contributed by atoms with Crippen molar-refractivity contribution in [3.05, 3.63) is 47.5 Å². The highest BCUT2D eigenvalue weighted by Crippen LogP contribution is 2.16. The smallest absolute Gasteiger partial charge is 0.251 e. The Labute approximate surface area is 124 Å². The zero-order valence-corrected chi connectivity index (χ0v) is 12.6. The predicted molar refractivity (Wildman–Crippen MR) is 81.1 cm³/mol. The van der Waals surface area contributed by atoms with Crippen molar-refractivity contribution in [2.24, 2.45) is 5.92 Å². The molecule has 0 aliphatic rings. The maximum atomic E-state index is 12.1. The van der Waals surface area contributed by atoms with Gasteiger partial charge in [0, 0.05) is 18.3 Å². The lowest BCUT2D eigenvalue weighted by Gasteiger charge is -2.11. The van der Waals surface area contributed by atoms with Crippen LogP contribution >= 0.6 is 0 Å². The number of nitrogens with one attached hydrogen (secondary N) is 1. The molecule has 2 aromatic rings. The lowest BCUT2D eigenvalue weighted by molar-refractivity contribution is 0.0950. The van der Waals surface area contributed by atoms with Gasteiger partial charge in [-0.15, -0.1) is 0 Å². The molecule has 21 heavy (non-hydrogen) atoms. The number of amides is 1. The van der Waals surface area contributed by atoms with Crippen molar-refractivity contribution >= 4 is 5.91 Å². The Morgan fingerprint density at radius 1 is 1.43 bits per heavy atom. The van der Waals surface area contributed by atoms with Crippen LogP contribution in [0.15, 0.2) is 30.7 Å². The van der Waals surface area contributed by atoms with E-state index in [1.54, 1.807) is 31.6 Å². The summed E-state index contributed by atoms with van der Waals surface area (Å²) in [4.78, 5) is 16.2. The van der Waals surface area contributed by atoms with Gasteiger partial charge in [0.2, 0.25) is 0 Å². The monoisotopic (exact) mass is 287 g/mol. The number of rotatable bonds is 5. The van der Waals surface area contributed by atoms with Gasteiger partial charge >= 0.3 is 0 Å². The molecule has 2 N–H and O–H groups in total. The summed E-state index contributed by atoms with van der Waals surface area (Å²) in [6.07, 6.45) is 3.55. The Bertz CT molecular complexity index is 632. The van der Waals surface area contributed by atoms with E-state index in [4.69, 9.17) is 0 Å². The summed E-state index contributed by atoms with van der Waals surface area (Å²) in [5, 5.41) is 12.4. The summed E-state index contributed by atoms with van der Waals surface area (Å²) >= 11 is 0. The number of carbonyl (C=O) groups is 1. The fraction of sp³-hybridized carbons (Fsp3) is 0.375. The molecule has 1 aromatic carbocycles. The molecule has 0 saturated heterocycles. The normalized spacial score (nSPS) is 10.9. The van der Waals surface area contributed by atoms with E-state index in [0.29, 0.717) is 23.6 Å². The number of aromatic hydroxyl groups is 1. The Morgan fingerprint density at radius 2 is 2.19 bits per heavy atom. The molecule has 1 amide bonds. The van der Waals surface area contributed by atoms with Crippen LogP contribution in [0.1, 0.15) is 35.5 Å². The van der Waals surface area contributed by atoms with Gasteiger partial charge in [0.05, 0.1) is 18.6 Å². The van der Waals surface area contributed by atoms with Gasteiger partial charge in [-0.1, -0.05) is 13.8 Å². The lowest BCUT2D eigenvalue weighted by Crippen LogP contribution is -2.24. The Balaban J connectivity index is 2.01. The van der Waals surface area contributed by atoms with Crippen molar-refractivity contribution in [1.82, 2.24) is 14.9 Å². The average Bonchev–Trinajstić information content (AvgIpc) is 2.85. The predicted octanol–water partition coefficient (Wildman–Crippen LogP) is 2.48. The lowest BCUT2D eigenvalue weighted by atomic mass is 10.1. The standard InChI is InChI=1S/C16H21N3O2/c1-11(2)9-19-10-17-7-14(19)8-18-16(21)13-4-5-15(20)12(3)6-13/h4-7,10-11,20H,8-9H2,1-3H3,(H,18,21). The van der Waals surface area contributed by atoms with Crippen molar-refractivity contribution in [1.29, 1.82) is 0 Å². The van der Waals surface area contributed by atoms with Gasteiger partial charge in [0.15, 0.2) is 0 Å². The minimum atomic E-state index is -0.157. The molecule has 5 heteroatoms. The maximum Gasteiger partial charge on any atom is 0.251 e. The first-order chi connectivity index (χ1) is 9.97. The zero-order valence-electron chi connectivity index (χ0n) is 12.6. The van der Waals surface area contributed by atoms with E-state index < -0.39 is 0 Å². The number of phenols is 1. The fourth-order valence-corrected chi connectivity index (χ4v) is 2.12. The molecule has 0 atom stereocenters. The number of hydrogen-bond acceptors (Lipinski definition) is 3. The largest absolute Gasteiger partial charge is 0.508 e. The van der Waals surface area contributed by atoms with E-state index >= 15 is 0 Å². The molecule has 0 saturated carbocycles. The highest BCUT2D eigenvalue weighted by atomic mass is 16.3. The number of carbonyl (C=O) groups excluding carboxylic acids is 1. The topological polar surface area (TPSA) is 67.2 Å². The van der Waals surface area contributed by atoms with Crippen LogP contribution in [0.25, 0.3) is 0 Å². The first-order valence-corrected chi connectivity index (χ1v) is 7.04. The SMILES string of the molecule is Cc1cc(C(=O)NCc2cncn2CC(C)C)ccc1O. The molecular formula is C16H21N3O2. The first-order valence-electron chi connectivity index (χ1n) is 7.04. The molecule has 0 aliphatic carbocycles. The highest BCUT2D eigenvalue weighted by molar-refractivity contribution is 5.94. The van der Waals surface area contributed by atoms with Crippen LogP contribution in [-0.4, -0.2) is 20.6 Å². The maximum absolute atomic E-state index is 12.1. The summed E-state index contributed by atoms with van der Waals surface area (Å²) in [6.45, 7) is 7.36. The van der Waals surface area contributed by atoms with Gasteiger partial charge in [-0.2, -0.15) is 0 Å². The number of hydrogen-bond donors (Lipinski definition) is 2. The van der Waals surface area contributed by atoms with Gasteiger partial charge < -0.3 is 15.0 Å². The third-order valence-corrected chi connectivity index (χ3v) is 3.25. The van der Waals surface area contributed by atoms with Crippen LogP contribution in [0.4, 0.5) is 0 Å². The molecule has 2 rings (SSSR count). The molecule has 0 radical (unpaired) electrons. The summed E-state index contributed by atoms with van der Waals surface area (Å²) < 4.78 is 2.05. The van der Waals surface area contributed by atoms with E-state index in [0.717, 1.165) is 12.2 Å². The third-order valence-electron chi connectivity index (χ3n) is 3.25. The second-order valence-electron chi connectivity index (χ2n) is 5.62. The quantitative estimate of drug-likeness (QED) is 0.887. The van der Waals surface area contributed by atoms with Gasteiger partial charge in [0.1, 0.15) is 5.75 Å². The van der Waals surface area contributed by atoms with Crippen molar-refractivity contribution in [3.8, 4) is 5.75 Å². The molecule has 1 heterocycles. The van der Waals surface area contributed by atoms with Gasteiger partial charge in [-0.3, -0.25) is 4.79 Å². The molecule has 0 bridgehead atoms. The molecule has 112 valence electrons. The number of aromatic nitrogens is 2. The number of nitrogens with zero attached hydrogens (tertiary/aromatic N) is 2. The van der Waals surface area contributed by atoms with Crippen LogP contribution < -0.4 is 5.32 Å². The molecule has 5 nitrogen and oxygen atoms in total. The third kappa shape index (κ3) is 3.84. The van der Waals surface area contributed by atoms with E-state index in [1.165, 1.54) is 6.07 Å². The van der Waals surface area contributed by atoms with Crippen molar-refractivity contribution in [2.75, 3.05) is 0 Å². The van der Waals surface area contributed by atoms with Crippen molar-refractivity contribution in [3.63, 3.8) is 0 Å². The molecule has 0 fully saturated rings. The summed E-state index contributed by atoms with van der Waals surface area (Å²) in [6, 6.07) is 4.83. The number of phenolic OH excluding ortho intramolecular Hbond substituents is 1. The summed E-state index contributed by atoms with van der Waals surface area (Å²) in [5.74, 6) is 0.561. The van der Waals surface area contributed by atoms with Crippen LogP contribution in [0.5, 0.6) is 5.75 Å². The fourth-order valence-electron chi connectivity index (χ4n) is 2.12. The van der Waals surface area contributed by atoms with Gasteiger partial charge in [-0.05, 0) is 36.6 Å². The number of aryl methyl sites for hydroxylation is 1. The van der Waals surface area contributed by atoms with E-state index in [9.17, 15) is 9.90 Å². The Kier molecular flexibility index (Phi) is 4.62. The van der Waals surface area contributed by atoms with Gasteiger partial charge in [-0.25, -0.2) is 4.98 Å². The molecular weight excluding hydrogens is 266 g/mol. The first kappa shape index (κ1) is 15.1. The van der Waals surface area contributed by atoms with Crippen LogP contribution in [0.2, 0.25) is 0 Å². The summed E-state index contributed by atoms with van der Waals surface area (Å²) in [7, 11) is 0. The Morgan fingerprint density at radius 3 is 2.86 bits per heavy atom. The molecule has 0 spiro atoms. The number of benzene rings is 1. The van der Waals surface area contributed by atoms with E-state index in [-0.39, 0.29) is 11.7 Å². The molecule has 1 aromatic heterocycles. The summed E-state index contributed by atoms with van der Waals surface area (Å²) in [5.41, 5.74) is 2.21. The van der Waals surface area contributed by atoms with E-state index in [1.807, 2.05) is 4.57 Å². The minimum absolute atomic E-state index is 0.157.